The maximum absolute atomic E-state index is 12.8. The fraction of sp³-hybridized carbons (Fsp3) is 0.450. The summed E-state index contributed by atoms with van der Waals surface area (Å²) in [5, 5.41) is 4.83. The van der Waals surface area contributed by atoms with Crippen molar-refractivity contribution in [2.24, 2.45) is 5.92 Å². The molecule has 0 aliphatic carbocycles. The summed E-state index contributed by atoms with van der Waals surface area (Å²) in [7, 11) is -3.51. The number of piperidine rings is 1. The molecule has 1 fully saturated rings. The third kappa shape index (κ3) is 4.42. The average molecular weight is 407 g/mol. The molecular formula is C20H26N2O3S2. The zero-order valence-electron chi connectivity index (χ0n) is 15.9. The van der Waals surface area contributed by atoms with Crippen molar-refractivity contribution in [3.63, 3.8) is 0 Å². The summed E-state index contributed by atoms with van der Waals surface area (Å²) >= 11 is 1.21. The molecule has 1 aromatic heterocycles. The Kier molecular flexibility index (Phi) is 6.03. The van der Waals surface area contributed by atoms with Gasteiger partial charge in [-0.3, -0.25) is 4.79 Å². The van der Waals surface area contributed by atoms with Crippen LogP contribution in [0.1, 0.15) is 42.5 Å². The first kappa shape index (κ1) is 20.0. The van der Waals surface area contributed by atoms with Gasteiger partial charge in [-0.2, -0.15) is 4.31 Å². The number of rotatable bonds is 5. The molecule has 0 bridgehead atoms. The van der Waals surface area contributed by atoms with Gasteiger partial charge in [0.25, 0.3) is 10.0 Å². The maximum Gasteiger partial charge on any atom is 0.252 e. The predicted molar refractivity (Wildman–Crippen MR) is 108 cm³/mol. The maximum atomic E-state index is 12.8. The van der Waals surface area contributed by atoms with Gasteiger partial charge >= 0.3 is 0 Å². The molecule has 1 aliphatic rings. The Morgan fingerprint density at radius 1 is 1.30 bits per heavy atom. The van der Waals surface area contributed by atoms with Crippen LogP contribution in [-0.2, 0) is 14.8 Å². The van der Waals surface area contributed by atoms with E-state index in [-0.39, 0.29) is 24.4 Å². The lowest BCUT2D eigenvalue weighted by Crippen LogP contribution is -2.45. The van der Waals surface area contributed by atoms with Crippen molar-refractivity contribution in [1.82, 2.24) is 9.62 Å². The number of benzene rings is 1. The number of aryl methyl sites for hydroxylation is 2. The first-order valence-electron chi connectivity index (χ1n) is 9.20. The molecule has 2 heterocycles. The SMILES string of the molecule is Cc1ccc([C@@H](C)NC(=O)[C@@H]2CCCN(S(=O)(=O)c3cccs3)C2)c(C)c1. The Morgan fingerprint density at radius 3 is 2.74 bits per heavy atom. The highest BCUT2D eigenvalue weighted by molar-refractivity contribution is 7.91. The molecule has 0 spiro atoms. The minimum Gasteiger partial charge on any atom is -0.349 e. The zero-order valence-corrected chi connectivity index (χ0v) is 17.6. The molecule has 1 amide bonds. The molecule has 0 unspecified atom stereocenters. The highest BCUT2D eigenvalue weighted by atomic mass is 32.2. The van der Waals surface area contributed by atoms with Gasteiger partial charge in [-0.15, -0.1) is 11.3 Å². The molecule has 3 rings (SSSR count). The van der Waals surface area contributed by atoms with Crippen LogP contribution in [0.5, 0.6) is 0 Å². The minimum absolute atomic E-state index is 0.0754. The Bertz CT molecular complexity index is 907. The van der Waals surface area contributed by atoms with E-state index in [0.717, 1.165) is 11.1 Å². The van der Waals surface area contributed by atoms with Crippen molar-refractivity contribution < 1.29 is 13.2 Å². The van der Waals surface area contributed by atoms with E-state index in [0.29, 0.717) is 23.6 Å². The standard InChI is InChI=1S/C20H26N2O3S2/c1-14-8-9-18(15(2)12-14)16(3)21-20(23)17-6-4-10-22(13-17)27(24,25)19-7-5-11-26-19/h5,7-9,11-12,16-17H,4,6,10,13H2,1-3H3,(H,21,23)/t16-,17-/m1/s1. The number of carbonyl (C=O) groups is 1. The van der Waals surface area contributed by atoms with Crippen LogP contribution in [0.4, 0.5) is 0 Å². The molecule has 1 aliphatic heterocycles. The molecule has 1 aromatic carbocycles. The minimum atomic E-state index is -3.51. The quantitative estimate of drug-likeness (QED) is 0.824. The monoisotopic (exact) mass is 406 g/mol. The molecule has 146 valence electrons. The van der Waals surface area contributed by atoms with Crippen molar-refractivity contribution in [3.8, 4) is 0 Å². The highest BCUT2D eigenvalue weighted by Crippen LogP contribution is 2.27. The lowest BCUT2D eigenvalue weighted by molar-refractivity contribution is -0.126. The molecule has 1 N–H and O–H groups in total. The van der Waals surface area contributed by atoms with Gasteiger partial charge in [0.2, 0.25) is 5.91 Å². The second-order valence-electron chi connectivity index (χ2n) is 7.22. The lowest BCUT2D eigenvalue weighted by Gasteiger charge is -2.31. The number of nitrogens with zero attached hydrogens (tertiary/aromatic N) is 1. The molecule has 5 nitrogen and oxygen atoms in total. The predicted octanol–water partition coefficient (Wildman–Crippen LogP) is 3.64. The number of amides is 1. The molecule has 1 saturated heterocycles. The zero-order chi connectivity index (χ0) is 19.6. The Balaban J connectivity index is 1.68. The average Bonchev–Trinajstić information content (AvgIpc) is 3.17. The molecule has 0 saturated carbocycles. The summed E-state index contributed by atoms with van der Waals surface area (Å²) in [6, 6.07) is 9.43. The fourth-order valence-electron chi connectivity index (χ4n) is 3.63. The summed E-state index contributed by atoms with van der Waals surface area (Å²) in [6.45, 7) is 6.77. The van der Waals surface area contributed by atoms with Gasteiger partial charge in [0.15, 0.2) is 0 Å². The summed E-state index contributed by atoms with van der Waals surface area (Å²) in [6.07, 6.45) is 1.41. The largest absolute Gasteiger partial charge is 0.349 e. The summed E-state index contributed by atoms with van der Waals surface area (Å²) in [5.74, 6) is -0.393. The number of sulfonamides is 1. The number of carbonyl (C=O) groups excluding carboxylic acids is 1. The first-order valence-corrected chi connectivity index (χ1v) is 11.5. The normalized spacial score (nSPS) is 19.6. The summed E-state index contributed by atoms with van der Waals surface area (Å²) in [4.78, 5) is 12.8. The topological polar surface area (TPSA) is 66.5 Å². The fourth-order valence-corrected chi connectivity index (χ4v) is 6.30. The molecule has 7 heteroatoms. The Hall–Kier alpha value is -1.70. The van der Waals surface area contributed by atoms with Crippen LogP contribution < -0.4 is 5.32 Å². The van der Waals surface area contributed by atoms with Gasteiger partial charge in [0.1, 0.15) is 4.21 Å². The molecule has 2 atom stereocenters. The molecular weight excluding hydrogens is 380 g/mol. The third-order valence-electron chi connectivity index (χ3n) is 5.09. The van der Waals surface area contributed by atoms with Crippen molar-refractivity contribution in [2.45, 2.75) is 43.9 Å². The van der Waals surface area contributed by atoms with E-state index in [4.69, 9.17) is 0 Å². The molecule has 2 aromatic rings. The molecule has 27 heavy (non-hydrogen) atoms. The van der Waals surface area contributed by atoms with Gasteiger partial charge in [-0.25, -0.2) is 8.42 Å². The van der Waals surface area contributed by atoms with Gasteiger partial charge in [-0.1, -0.05) is 29.8 Å². The van der Waals surface area contributed by atoms with E-state index in [1.807, 2.05) is 32.9 Å². The first-order chi connectivity index (χ1) is 12.8. The second-order valence-corrected chi connectivity index (χ2v) is 10.3. The van der Waals surface area contributed by atoms with E-state index in [9.17, 15) is 13.2 Å². The lowest BCUT2D eigenvalue weighted by atomic mass is 9.96. The second kappa shape index (κ2) is 8.12. The van der Waals surface area contributed by atoms with Crippen LogP contribution in [-0.4, -0.2) is 31.7 Å². The van der Waals surface area contributed by atoms with E-state index >= 15 is 0 Å². The Labute approximate surface area is 165 Å². The van der Waals surface area contributed by atoms with E-state index in [1.54, 1.807) is 17.5 Å². The van der Waals surface area contributed by atoms with Crippen LogP contribution in [0.15, 0.2) is 39.9 Å². The van der Waals surface area contributed by atoms with Crippen LogP contribution in [0, 0.1) is 19.8 Å². The van der Waals surface area contributed by atoms with Crippen LogP contribution in [0.25, 0.3) is 0 Å². The van der Waals surface area contributed by atoms with Crippen molar-refractivity contribution >= 4 is 27.3 Å². The van der Waals surface area contributed by atoms with E-state index in [2.05, 4.69) is 11.4 Å². The van der Waals surface area contributed by atoms with E-state index in [1.165, 1.54) is 21.2 Å². The Morgan fingerprint density at radius 2 is 2.07 bits per heavy atom. The van der Waals surface area contributed by atoms with Gasteiger partial charge in [0, 0.05) is 13.1 Å². The number of hydrogen-bond donors (Lipinski definition) is 1. The third-order valence-corrected chi connectivity index (χ3v) is 8.33. The molecule has 0 radical (unpaired) electrons. The van der Waals surface area contributed by atoms with Gasteiger partial charge < -0.3 is 5.32 Å². The van der Waals surface area contributed by atoms with Gasteiger partial charge in [-0.05, 0) is 56.2 Å². The number of thiophene rings is 1. The van der Waals surface area contributed by atoms with Crippen molar-refractivity contribution in [3.05, 3.63) is 52.4 Å². The smallest absolute Gasteiger partial charge is 0.252 e. The van der Waals surface area contributed by atoms with Crippen LogP contribution in [0.2, 0.25) is 0 Å². The van der Waals surface area contributed by atoms with Crippen LogP contribution >= 0.6 is 11.3 Å². The van der Waals surface area contributed by atoms with Crippen LogP contribution in [0.3, 0.4) is 0 Å². The summed E-state index contributed by atoms with van der Waals surface area (Å²) in [5.41, 5.74) is 3.43. The van der Waals surface area contributed by atoms with Crippen molar-refractivity contribution in [2.75, 3.05) is 13.1 Å². The highest BCUT2D eigenvalue weighted by Gasteiger charge is 2.34. The van der Waals surface area contributed by atoms with E-state index < -0.39 is 10.0 Å². The summed E-state index contributed by atoms with van der Waals surface area (Å²) < 4.78 is 27.3. The van der Waals surface area contributed by atoms with Gasteiger partial charge in [0.05, 0.1) is 12.0 Å². The number of hydrogen-bond acceptors (Lipinski definition) is 4. The number of nitrogens with one attached hydrogen (secondary N) is 1. The van der Waals surface area contributed by atoms with Crippen molar-refractivity contribution in [1.29, 1.82) is 0 Å².